The van der Waals surface area contributed by atoms with E-state index in [1.165, 1.54) is 11.3 Å². The van der Waals surface area contributed by atoms with Crippen LogP contribution in [0.25, 0.3) is 6.08 Å². The smallest absolute Gasteiger partial charge is 0.338 e. The SMILES string of the molecule is CCOC(=O)C1=C(C)N=c2s/c(=C\c3cccc(OC)c3OCc3ccc(Cl)cc3Cl)c(=O)n2[C@@H]1c1ccc(C)cc1. The number of aromatic nitrogens is 1. The molecule has 0 bridgehead atoms. The lowest BCUT2D eigenvalue weighted by Gasteiger charge is -2.24. The van der Waals surface area contributed by atoms with Gasteiger partial charge in [-0.1, -0.05) is 82.6 Å². The summed E-state index contributed by atoms with van der Waals surface area (Å²) < 4.78 is 19.1. The Morgan fingerprint density at radius 3 is 2.55 bits per heavy atom. The fourth-order valence-electron chi connectivity index (χ4n) is 4.75. The summed E-state index contributed by atoms with van der Waals surface area (Å²) in [5.74, 6) is 0.456. The van der Waals surface area contributed by atoms with Crippen LogP contribution in [-0.2, 0) is 16.1 Å². The highest BCUT2D eigenvalue weighted by Crippen LogP contribution is 2.34. The molecule has 0 amide bonds. The molecule has 0 unspecified atom stereocenters. The Kier molecular flexibility index (Phi) is 8.87. The first-order valence-corrected chi connectivity index (χ1v) is 14.8. The molecular weight excluding hydrogens is 595 g/mol. The van der Waals surface area contributed by atoms with Gasteiger partial charge in [-0.25, -0.2) is 9.79 Å². The maximum atomic E-state index is 14.0. The van der Waals surface area contributed by atoms with Crippen LogP contribution in [0.5, 0.6) is 11.5 Å². The topological polar surface area (TPSA) is 79.1 Å². The van der Waals surface area contributed by atoms with Crippen LogP contribution in [-0.4, -0.2) is 24.3 Å². The summed E-state index contributed by atoms with van der Waals surface area (Å²) in [7, 11) is 1.55. The molecule has 0 saturated carbocycles. The van der Waals surface area contributed by atoms with E-state index >= 15 is 0 Å². The van der Waals surface area contributed by atoms with E-state index in [-0.39, 0.29) is 18.8 Å². The largest absolute Gasteiger partial charge is 0.493 e. The molecule has 1 atom stereocenters. The van der Waals surface area contributed by atoms with E-state index in [9.17, 15) is 9.59 Å². The minimum absolute atomic E-state index is 0.161. The van der Waals surface area contributed by atoms with Gasteiger partial charge in [0.05, 0.1) is 35.6 Å². The number of thiazole rings is 1. The van der Waals surface area contributed by atoms with Gasteiger partial charge in [0.15, 0.2) is 16.3 Å². The summed E-state index contributed by atoms with van der Waals surface area (Å²) >= 11 is 13.6. The second-order valence-electron chi connectivity index (χ2n) is 9.62. The quantitative estimate of drug-likeness (QED) is 0.225. The van der Waals surface area contributed by atoms with Crippen molar-refractivity contribution in [3.63, 3.8) is 0 Å². The molecule has 0 N–H and O–H groups in total. The Hall–Kier alpha value is -3.85. The molecule has 7 nitrogen and oxygen atoms in total. The van der Waals surface area contributed by atoms with Gasteiger partial charge in [-0.05, 0) is 50.6 Å². The monoisotopic (exact) mass is 622 g/mol. The predicted octanol–water partition coefficient (Wildman–Crippen LogP) is 6.00. The molecule has 2 heterocycles. The van der Waals surface area contributed by atoms with E-state index in [4.69, 9.17) is 37.4 Å². The highest BCUT2D eigenvalue weighted by atomic mass is 35.5. The number of rotatable bonds is 8. The number of esters is 1. The molecule has 42 heavy (non-hydrogen) atoms. The van der Waals surface area contributed by atoms with Crippen LogP contribution >= 0.6 is 34.5 Å². The highest BCUT2D eigenvalue weighted by Gasteiger charge is 2.33. The van der Waals surface area contributed by atoms with Crippen LogP contribution in [0.4, 0.5) is 0 Å². The molecule has 0 radical (unpaired) electrons. The van der Waals surface area contributed by atoms with E-state index in [0.717, 1.165) is 16.7 Å². The second kappa shape index (κ2) is 12.6. The molecule has 5 rings (SSSR count). The number of nitrogens with zero attached hydrogens (tertiary/aromatic N) is 2. The number of carbonyl (C=O) groups excluding carboxylic acids is 1. The lowest BCUT2D eigenvalue weighted by atomic mass is 9.95. The number of methoxy groups -OCH3 is 1. The third-order valence-electron chi connectivity index (χ3n) is 6.81. The van der Waals surface area contributed by atoms with Crippen molar-refractivity contribution in [2.45, 2.75) is 33.4 Å². The maximum absolute atomic E-state index is 14.0. The molecule has 1 aliphatic heterocycles. The van der Waals surface area contributed by atoms with Crippen LogP contribution in [0.1, 0.15) is 42.1 Å². The molecule has 0 aliphatic carbocycles. The van der Waals surface area contributed by atoms with Gasteiger partial charge in [0.1, 0.15) is 6.61 Å². The van der Waals surface area contributed by atoms with Gasteiger partial charge < -0.3 is 14.2 Å². The molecule has 1 aromatic heterocycles. The molecule has 0 fully saturated rings. The van der Waals surface area contributed by atoms with Gasteiger partial charge in [-0.2, -0.15) is 0 Å². The number of aryl methyl sites for hydroxylation is 1. The Balaban J connectivity index is 1.63. The van der Waals surface area contributed by atoms with Crippen molar-refractivity contribution in [1.29, 1.82) is 0 Å². The third kappa shape index (κ3) is 5.88. The van der Waals surface area contributed by atoms with Crippen LogP contribution in [0.15, 0.2) is 81.7 Å². The van der Waals surface area contributed by atoms with E-state index < -0.39 is 12.0 Å². The van der Waals surface area contributed by atoms with Crippen molar-refractivity contribution in [3.8, 4) is 11.5 Å². The Morgan fingerprint density at radius 1 is 1.10 bits per heavy atom. The van der Waals surface area contributed by atoms with E-state index in [1.54, 1.807) is 55.9 Å². The van der Waals surface area contributed by atoms with Gasteiger partial charge in [-0.15, -0.1) is 0 Å². The van der Waals surface area contributed by atoms with Gasteiger partial charge in [0, 0.05) is 21.2 Å². The summed E-state index contributed by atoms with van der Waals surface area (Å²) in [6.45, 7) is 5.87. The van der Waals surface area contributed by atoms with Crippen LogP contribution < -0.4 is 24.4 Å². The number of ether oxygens (including phenoxy) is 3. The fraction of sp³-hybridized carbons (Fsp3) is 0.219. The van der Waals surface area contributed by atoms with Crippen LogP contribution in [0, 0.1) is 6.92 Å². The summed E-state index contributed by atoms with van der Waals surface area (Å²) in [6.07, 6.45) is 1.75. The zero-order valence-electron chi connectivity index (χ0n) is 23.4. The molecule has 3 aromatic carbocycles. The average molecular weight is 624 g/mol. The Bertz CT molecular complexity index is 1880. The van der Waals surface area contributed by atoms with Crippen molar-refractivity contribution >= 4 is 46.6 Å². The Morgan fingerprint density at radius 2 is 1.86 bits per heavy atom. The number of benzene rings is 3. The molecule has 10 heteroatoms. The molecule has 216 valence electrons. The first-order valence-electron chi connectivity index (χ1n) is 13.2. The number of para-hydroxylation sites is 1. The Labute approximate surface area is 256 Å². The van der Waals surface area contributed by atoms with Crippen molar-refractivity contribution in [1.82, 2.24) is 4.57 Å². The summed E-state index contributed by atoms with van der Waals surface area (Å²) in [5.41, 5.74) is 3.80. The third-order valence-corrected chi connectivity index (χ3v) is 8.38. The van der Waals surface area contributed by atoms with Gasteiger partial charge in [0.25, 0.3) is 5.56 Å². The van der Waals surface area contributed by atoms with Crippen molar-refractivity contribution in [2.24, 2.45) is 4.99 Å². The van der Waals surface area contributed by atoms with E-state index in [2.05, 4.69) is 4.99 Å². The zero-order chi connectivity index (χ0) is 30.0. The maximum Gasteiger partial charge on any atom is 0.338 e. The fourth-order valence-corrected chi connectivity index (χ4v) is 6.25. The number of hydrogen-bond donors (Lipinski definition) is 0. The number of fused-ring (bicyclic) bond motifs is 1. The van der Waals surface area contributed by atoms with E-state index in [0.29, 0.717) is 47.7 Å². The van der Waals surface area contributed by atoms with Crippen LogP contribution in [0.3, 0.4) is 0 Å². The predicted molar refractivity (Wildman–Crippen MR) is 165 cm³/mol. The summed E-state index contributed by atoms with van der Waals surface area (Å²) in [6, 6.07) is 17.7. The molecule has 4 aromatic rings. The molecular formula is C32H28Cl2N2O5S. The first kappa shape index (κ1) is 29.6. The normalized spacial score (nSPS) is 14.8. The average Bonchev–Trinajstić information content (AvgIpc) is 3.26. The molecule has 1 aliphatic rings. The molecule has 0 saturated heterocycles. The van der Waals surface area contributed by atoms with Gasteiger partial charge in [-0.3, -0.25) is 9.36 Å². The standard InChI is InChI=1S/C32H28Cl2N2O5S/c1-5-40-31(38)27-19(3)35-32-36(28(27)20-11-9-18(2)10-12-20)30(37)26(42-32)15-21-7-6-8-25(39-4)29(21)41-17-22-13-14-23(33)16-24(22)34/h6-16,28H,5,17H2,1-4H3/b26-15-/t28-/m1/s1. The van der Waals surface area contributed by atoms with E-state index in [1.807, 2.05) is 43.3 Å². The lowest BCUT2D eigenvalue weighted by Crippen LogP contribution is -2.39. The second-order valence-corrected chi connectivity index (χ2v) is 11.5. The number of carbonyl (C=O) groups is 1. The number of halogens is 2. The van der Waals surface area contributed by atoms with Gasteiger partial charge >= 0.3 is 5.97 Å². The minimum atomic E-state index is -0.684. The van der Waals surface area contributed by atoms with Gasteiger partial charge in [0.2, 0.25) is 0 Å². The zero-order valence-corrected chi connectivity index (χ0v) is 25.8. The highest BCUT2D eigenvalue weighted by molar-refractivity contribution is 7.07. The lowest BCUT2D eigenvalue weighted by molar-refractivity contribution is -0.139. The number of allylic oxidation sites excluding steroid dienone is 1. The van der Waals surface area contributed by atoms with Crippen molar-refractivity contribution in [3.05, 3.63) is 124 Å². The molecule has 0 spiro atoms. The summed E-state index contributed by atoms with van der Waals surface area (Å²) in [4.78, 5) is 32.3. The van der Waals surface area contributed by atoms with Crippen molar-refractivity contribution in [2.75, 3.05) is 13.7 Å². The number of hydrogen-bond acceptors (Lipinski definition) is 7. The van der Waals surface area contributed by atoms with Crippen molar-refractivity contribution < 1.29 is 19.0 Å². The summed E-state index contributed by atoms with van der Waals surface area (Å²) in [5, 5.41) is 1.01. The van der Waals surface area contributed by atoms with Crippen LogP contribution in [0.2, 0.25) is 10.0 Å². The minimum Gasteiger partial charge on any atom is -0.493 e. The first-order chi connectivity index (χ1) is 20.2.